The standard InChI is InChI=1S/C11H18BrN5O/c1-8-10(12)14-15(2)11(8)17-5-3-16(4-6-17)7-9(13)18/h3-7H2,1-2H3,(H2,13,18). The Morgan fingerprint density at radius 1 is 1.39 bits per heavy atom. The van der Waals surface area contributed by atoms with Crippen molar-refractivity contribution in [3.05, 3.63) is 10.2 Å². The number of aromatic nitrogens is 2. The van der Waals surface area contributed by atoms with Crippen LogP contribution in [0.2, 0.25) is 0 Å². The maximum atomic E-state index is 10.9. The summed E-state index contributed by atoms with van der Waals surface area (Å²) in [4.78, 5) is 15.3. The van der Waals surface area contributed by atoms with E-state index in [0.717, 1.165) is 42.2 Å². The molecule has 1 aromatic heterocycles. The maximum absolute atomic E-state index is 10.9. The zero-order valence-electron chi connectivity index (χ0n) is 10.7. The lowest BCUT2D eigenvalue weighted by molar-refractivity contribution is -0.119. The molecule has 2 rings (SSSR count). The van der Waals surface area contributed by atoms with Crippen LogP contribution in [0.4, 0.5) is 5.82 Å². The van der Waals surface area contributed by atoms with E-state index in [2.05, 4.69) is 37.8 Å². The smallest absolute Gasteiger partial charge is 0.231 e. The Hall–Kier alpha value is -1.08. The summed E-state index contributed by atoms with van der Waals surface area (Å²) in [6.07, 6.45) is 0. The van der Waals surface area contributed by atoms with E-state index in [4.69, 9.17) is 5.73 Å². The summed E-state index contributed by atoms with van der Waals surface area (Å²) in [7, 11) is 1.95. The van der Waals surface area contributed by atoms with Gasteiger partial charge in [0.1, 0.15) is 10.4 Å². The number of nitrogens with zero attached hydrogens (tertiary/aromatic N) is 4. The summed E-state index contributed by atoms with van der Waals surface area (Å²) in [5.41, 5.74) is 6.36. The fraction of sp³-hybridized carbons (Fsp3) is 0.636. The van der Waals surface area contributed by atoms with Gasteiger partial charge in [-0.3, -0.25) is 14.4 Å². The van der Waals surface area contributed by atoms with Crippen molar-refractivity contribution in [3.63, 3.8) is 0 Å². The van der Waals surface area contributed by atoms with Crippen molar-refractivity contribution >= 4 is 27.7 Å². The first kappa shape index (κ1) is 13.4. The van der Waals surface area contributed by atoms with E-state index in [1.807, 2.05) is 11.7 Å². The van der Waals surface area contributed by atoms with Crippen LogP contribution in [0.15, 0.2) is 4.60 Å². The molecule has 1 aliphatic heterocycles. The van der Waals surface area contributed by atoms with E-state index in [1.54, 1.807) is 0 Å². The minimum Gasteiger partial charge on any atom is -0.369 e. The van der Waals surface area contributed by atoms with Crippen LogP contribution in [0.3, 0.4) is 0 Å². The number of nitrogens with two attached hydrogens (primary N) is 1. The molecule has 0 bridgehead atoms. The number of rotatable bonds is 3. The molecule has 1 amide bonds. The molecule has 100 valence electrons. The predicted octanol–water partition coefficient (Wildman–Crippen LogP) is 0.0983. The first-order valence-electron chi connectivity index (χ1n) is 5.93. The van der Waals surface area contributed by atoms with Gasteiger partial charge >= 0.3 is 0 Å². The highest BCUT2D eigenvalue weighted by atomic mass is 79.9. The Bertz CT molecular complexity index is 451. The molecule has 6 nitrogen and oxygen atoms in total. The van der Waals surface area contributed by atoms with Crippen molar-refractivity contribution in [2.75, 3.05) is 37.6 Å². The minimum atomic E-state index is -0.261. The van der Waals surface area contributed by atoms with Crippen molar-refractivity contribution in [1.29, 1.82) is 0 Å². The van der Waals surface area contributed by atoms with Gasteiger partial charge in [0.25, 0.3) is 0 Å². The molecule has 18 heavy (non-hydrogen) atoms. The molecular weight excluding hydrogens is 298 g/mol. The molecule has 0 atom stereocenters. The number of carbonyl (C=O) groups excluding carboxylic acids is 1. The number of anilines is 1. The molecule has 7 heteroatoms. The van der Waals surface area contributed by atoms with Gasteiger partial charge in [0.2, 0.25) is 5.91 Å². The van der Waals surface area contributed by atoms with Gasteiger partial charge in [0.05, 0.1) is 6.54 Å². The number of hydrogen-bond acceptors (Lipinski definition) is 4. The molecule has 2 heterocycles. The predicted molar refractivity (Wildman–Crippen MR) is 73.5 cm³/mol. The summed E-state index contributed by atoms with van der Waals surface area (Å²) in [6, 6.07) is 0. The number of halogens is 1. The number of piperazine rings is 1. The van der Waals surface area contributed by atoms with Crippen LogP contribution in [-0.2, 0) is 11.8 Å². The molecule has 1 fully saturated rings. The number of primary amides is 1. The highest BCUT2D eigenvalue weighted by Gasteiger charge is 2.22. The second-order valence-corrected chi connectivity index (χ2v) is 5.34. The molecule has 0 spiro atoms. The van der Waals surface area contributed by atoms with Gasteiger partial charge in [0, 0.05) is 38.8 Å². The average molecular weight is 316 g/mol. The maximum Gasteiger partial charge on any atom is 0.231 e. The second kappa shape index (κ2) is 5.27. The van der Waals surface area contributed by atoms with Crippen molar-refractivity contribution in [3.8, 4) is 0 Å². The third-order valence-corrected chi connectivity index (χ3v) is 3.99. The third kappa shape index (κ3) is 2.67. The fourth-order valence-electron chi connectivity index (χ4n) is 2.37. The highest BCUT2D eigenvalue weighted by Crippen LogP contribution is 2.26. The lowest BCUT2D eigenvalue weighted by atomic mass is 10.2. The van der Waals surface area contributed by atoms with Crippen LogP contribution >= 0.6 is 15.9 Å². The number of amides is 1. The van der Waals surface area contributed by atoms with Gasteiger partial charge in [-0.2, -0.15) is 5.10 Å². The van der Waals surface area contributed by atoms with Crippen molar-refractivity contribution < 1.29 is 4.79 Å². The van der Waals surface area contributed by atoms with Crippen molar-refractivity contribution in [1.82, 2.24) is 14.7 Å². The Morgan fingerprint density at radius 2 is 2.00 bits per heavy atom. The Balaban J connectivity index is 2.03. The van der Waals surface area contributed by atoms with E-state index >= 15 is 0 Å². The zero-order valence-corrected chi connectivity index (χ0v) is 12.3. The van der Waals surface area contributed by atoms with Gasteiger partial charge in [0.15, 0.2) is 0 Å². The van der Waals surface area contributed by atoms with Crippen LogP contribution in [0.5, 0.6) is 0 Å². The molecule has 1 saturated heterocycles. The van der Waals surface area contributed by atoms with E-state index in [1.165, 1.54) is 0 Å². The average Bonchev–Trinajstić information content (AvgIpc) is 2.54. The quantitative estimate of drug-likeness (QED) is 0.859. The van der Waals surface area contributed by atoms with Crippen LogP contribution in [-0.4, -0.2) is 53.3 Å². The molecule has 0 saturated carbocycles. The van der Waals surface area contributed by atoms with E-state index in [-0.39, 0.29) is 5.91 Å². The van der Waals surface area contributed by atoms with Gasteiger partial charge in [-0.15, -0.1) is 0 Å². The van der Waals surface area contributed by atoms with Crippen molar-refractivity contribution in [2.45, 2.75) is 6.92 Å². The van der Waals surface area contributed by atoms with Crippen LogP contribution in [0.25, 0.3) is 0 Å². The van der Waals surface area contributed by atoms with Crippen LogP contribution < -0.4 is 10.6 Å². The van der Waals surface area contributed by atoms with Crippen LogP contribution in [0, 0.1) is 6.92 Å². The van der Waals surface area contributed by atoms with Gasteiger partial charge in [-0.1, -0.05) is 0 Å². The normalized spacial score (nSPS) is 17.2. The van der Waals surface area contributed by atoms with E-state index in [0.29, 0.717) is 6.54 Å². The first-order valence-corrected chi connectivity index (χ1v) is 6.73. The molecule has 1 aliphatic rings. The largest absolute Gasteiger partial charge is 0.369 e. The second-order valence-electron chi connectivity index (χ2n) is 4.59. The van der Waals surface area contributed by atoms with E-state index in [9.17, 15) is 4.79 Å². The molecule has 0 radical (unpaired) electrons. The van der Waals surface area contributed by atoms with Crippen LogP contribution in [0.1, 0.15) is 5.56 Å². The lowest BCUT2D eigenvalue weighted by Crippen LogP contribution is -2.49. The van der Waals surface area contributed by atoms with Crippen molar-refractivity contribution in [2.24, 2.45) is 12.8 Å². The fourth-order valence-corrected chi connectivity index (χ4v) is 2.78. The minimum absolute atomic E-state index is 0.261. The molecule has 0 aromatic carbocycles. The monoisotopic (exact) mass is 315 g/mol. The van der Waals surface area contributed by atoms with Gasteiger partial charge in [-0.05, 0) is 22.9 Å². The Morgan fingerprint density at radius 3 is 2.44 bits per heavy atom. The molecule has 0 unspecified atom stereocenters. The molecule has 2 N–H and O–H groups in total. The van der Waals surface area contributed by atoms with Gasteiger partial charge in [-0.25, -0.2) is 0 Å². The summed E-state index contributed by atoms with van der Waals surface area (Å²) < 4.78 is 2.78. The third-order valence-electron chi connectivity index (χ3n) is 3.24. The lowest BCUT2D eigenvalue weighted by Gasteiger charge is -2.35. The zero-order chi connectivity index (χ0) is 13.3. The number of hydrogen-bond donors (Lipinski definition) is 1. The molecule has 0 aliphatic carbocycles. The van der Waals surface area contributed by atoms with Gasteiger partial charge < -0.3 is 10.6 Å². The molecular formula is C11H18BrN5O. The summed E-state index contributed by atoms with van der Waals surface area (Å²) >= 11 is 3.45. The summed E-state index contributed by atoms with van der Waals surface area (Å²) in [5.74, 6) is 0.878. The summed E-state index contributed by atoms with van der Waals surface area (Å²) in [5, 5.41) is 4.36. The number of carbonyl (C=O) groups is 1. The number of aryl methyl sites for hydroxylation is 1. The molecule has 1 aromatic rings. The Labute approximate surface area is 115 Å². The Kier molecular flexibility index (Phi) is 3.91. The topological polar surface area (TPSA) is 67.4 Å². The summed E-state index contributed by atoms with van der Waals surface area (Å²) in [6.45, 7) is 5.89. The van der Waals surface area contributed by atoms with E-state index < -0.39 is 0 Å². The SMILES string of the molecule is Cc1c(Br)nn(C)c1N1CCN(CC(N)=O)CC1. The first-order chi connectivity index (χ1) is 8.49. The highest BCUT2D eigenvalue weighted by molar-refractivity contribution is 9.10.